The standard InChI is InChI=1S/C23H28N4O2.ClH/c1-16(2)23(3)14-21(29)27(22(24)26-23)15-18-10-7-11-19(12-18)25-20(28)13-17-8-5-4-6-9-17;/h4-12,16H,13-15H2,1-3H3,(H2,24,26)(H,25,28);1H/t23-;/m0./s1. The second-order valence-electron chi connectivity index (χ2n) is 8.05. The number of anilines is 1. The summed E-state index contributed by atoms with van der Waals surface area (Å²) in [5.74, 6) is 0.342. The van der Waals surface area contributed by atoms with Gasteiger partial charge in [0, 0.05) is 5.69 Å². The average molecular weight is 429 g/mol. The van der Waals surface area contributed by atoms with E-state index in [1.165, 1.54) is 4.90 Å². The maximum atomic E-state index is 12.7. The Balaban J connectivity index is 0.00000320. The van der Waals surface area contributed by atoms with Gasteiger partial charge in [-0.1, -0.05) is 56.3 Å². The van der Waals surface area contributed by atoms with E-state index in [0.717, 1.165) is 11.1 Å². The summed E-state index contributed by atoms with van der Waals surface area (Å²) in [5.41, 5.74) is 8.18. The molecule has 30 heavy (non-hydrogen) atoms. The summed E-state index contributed by atoms with van der Waals surface area (Å²) in [6, 6.07) is 17.0. The van der Waals surface area contributed by atoms with Crippen LogP contribution in [-0.4, -0.2) is 28.2 Å². The predicted octanol–water partition coefficient (Wildman–Crippen LogP) is 3.75. The molecule has 3 rings (SSSR count). The minimum atomic E-state index is -0.467. The van der Waals surface area contributed by atoms with E-state index in [0.29, 0.717) is 25.1 Å². The Labute approximate surface area is 184 Å². The highest BCUT2D eigenvalue weighted by Gasteiger charge is 2.38. The van der Waals surface area contributed by atoms with Gasteiger partial charge in [-0.3, -0.25) is 14.5 Å². The zero-order valence-electron chi connectivity index (χ0n) is 17.6. The van der Waals surface area contributed by atoms with Crippen LogP contribution in [0.3, 0.4) is 0 Å². The topological polar surface area (TPSA) is 87.8 Å². The third-order valence-electron chi connectivity index (χ3n) is 5.46. The molecule has 0 aliphatic carbocycles. The molecule has 2 amide bonds. The third-order valence-corrected chi connectivity index (χ3v) is 5.46. The lowest BCUT2D eigenvalue weighted by molar-refractivity contribution is -0.130. The molecule has 0 radical (unpaired) electrons. The van der Waals surface area contributed by atoms with Gasteiger partial charge in [-0.25, -0.2) is 4.99 Å². The number of nitrogens with one attached hydrogen (secondary N) is 1. The average Bonchev–Trinajstić information content (AvgIpc) is 2.65. The van der Waals surface area contributed by atoms with Crippen molar-refractivity contribution in [3.63, 3.8) is 0 Å². The van der Waals surface area contributed by atoms with Gasteiger partial charge in [0.25, 0.3) is 0 Å². The maximum Gasteiger partial charge on any atom is 0.232 e. The number of benzene rings is 2. The van der Waals surface area contributed by atoms with E-state index in [1.54, 1.807) is 0 Å². The van der Waals surface area contributed by atoms with Gasteiger partial charge in [0.1, 0.15) is 0 Å². The molecule has 6 nitrogen and oxygen atoms in total. The van der Waals surface area contributed by atoms with Crippen LogP contribution in [0.5, 0.6) is 0 Å². The minimum absolute atomic E-state index is 0. The van der Waals surface area contributed by atoms with Crippen LogP contribution in [-0.2, 0) is 22.6 Å². The second-order valence-corrected chi connectivity index (χ2v) is 8.05. The Morgan fingerprint density at radius 1 is 1.17 bits per heavy atom. The largest absolute Gasteiger partial charge is 0.369 e. The number of hydrogen-bond acceptors (Lipinski definition) is 4. The fraction of sp³-hybridized carbons (Fsp3) is 0.348. The lowest BCUT2D eigenvalue weighted by Gasteiger charge is -2.37. The Morgan fingerprint density at radius 3 is 2.47 bits per heavy atom. The van der Waals surface area contributed by atoms with Gasteiger partial charge in [0.05, 0.1) is 24.9 Å². The van der Waals surface area contributed by atoms with Gasteiger partial charge < -0.3 is 11.1 Å². The molecule has 1 aliphatic rings. The van der Waals surface area contributed by atoms with Gasteiger partial charge >= 0.3 is 0 Å². The fourth-order valence-corrected chi connectivity index (χ4v) is 3.31. The molecular formula is C23H29ClN4O2. The van der Waals surface area contributed by atoms with Crippen LogP contribution in [0, 0.1) is 5.92 Å². The van der Waals surface area contributed by atoms with Crippen LogP contribution in [0.15, 0.2) is 59.6 Å². The number of rotatable bonds is 6. The Bertz CT molecular complexity index is 930. The van der Waals surface area contributed by atoms with Crippen molar-refractivity contribution in [1.82, 2.24) is 4.90 Å². The highest BCUT2D eigenvalue weighted by Crippen LogP contribution is 2.30. The summed E-state index contributed by atoms with van der Waals surface area (Å²) in [6.45, 7) is 6.37. The fourth-order valence-electron chi connectivity index (χ4n) is 3.31. The smallest absolute Gasteiger partial charge is 0.232 e. The number of halogens is 1. The molecule has 1 atom stereocenters. The number of nitrogens with two attached hydrogens (primary N) is 1. The molecule has 0 bridgehead atoms. The van der Waals surface area contributed by atoms with Gasteiger partial charge in [-0.05, 0) is 36.1 Å². The Morgan fingerprint density at radius 2 is 1.83 bits per heavy atom. The van der Waals surface area contributed by atoms with Gasteiger partial charge in [-0.15, -0.1) is 12.4 Å². The van der Waals surface area contributed by atoms with Crippen molar-refractivity contribution in [2.75, 3.05) is 5.32 Å². The highest BCUT2D eigenvalue weighted by molar-refractivity contribution is 5.99. The van der Waals surface area contributed by atoms with Crippen LogP contribution in [0.2, 0.25) is 0 Å². The molecule has 3 N–H and O–H groups in total. The third kappa shape index (κ3) is 5.60. The van der Waals surface area contributed by atoms with E-state index < -0.39 is 5.54 Å². The SMILES string of the molecule is CC(C)[C@]1(C)CC(=O)N(Cc2cccc(NC(=O)Cc3ccccc3)c2)C(N)=N1.Cl. The summed E-state index contributed by atoms with van der Waals surface area (Å²) in [6.07, 6.45) is 0.641. The van der Waals surface area contributed by atoms with Crippen molar-refractivity contribution in [3.05, 3.63) is 65.7 Å². The zero-order valence-corrected chi connectivity index (χ0v) is 18.4. The quantitative estimate of drug-likeness (QED) is 0.734. The first-order valence-corrected chi connectivity index (χ1v) is 9.85. The summed E-state index contributed by atoms with van der Waals surface area (Å²) in [7, 11) is 0. The van der Waals surface area contributed by atoms with Crippen LogP contribution in [0.4, 0.5) is 5.69 Å². The van der Waals surface area contributed by atoms with Crippen molar-refractivity contribution in [1.29, 1.82) is 0 Å². The molecule has 0 saturated carbocycles. The van der Waals surface area contributed by atoms with Crippen molar-refractivity contribution in [2.24, 2.45) is 16.6 Å². The first kappa shape index (κ1) is 23.4. The minimum Gasteiger partial charge on any atom is -0.369 e. The van der Waals surface area contributed by atoms with Crippen LogP contribution in [0.25, 0.3) is 0 Å². The number of hydrogen-bond donors (Lipinski definition) is 2. The molecule has 0 aromatic heterocycles. The molecular weight excluding hydrogens is 400 g/mol. The molecule has 0 fully saturated rings. The van der Waals surface area contributed by atoms with Gasteiger partial charge in [0.15, 0.2) is 5.96 Å². The first-order valence-electron chi connectivity index (χ1n) is 9.85. The second kappa shape index (κ2) is 9.76. The first-order chi connectivity index (χ1) is 13.8. The predicted molar refractivity (Wildman–Crippen MR) is 122 cm³/mol. The highest BCUT2D eigenvalue weighted by atomic mass is 35.5. The number of carbonyl (C=O) groups is 2. The van der Waals surface area contributed by atoms with E-state index in [2.05, 4.69) is 10.3 Å². The molecule has 2 aromatic rings. The molecule has 2 aromatic carbocycles. The summed E-state index contributed by atoms with van der Waals surface area (Å²) in [4.78, 5) is 31.1. The molecule has 160 valence electrons. The summed E-state index contributed by atoms with van der Waals surface area (Å²) >= 11 is 0. The number of carbonyl (C=O) groups excluding carboxylic acids is 2. The van der Waals surface area contributed by atoms with E-state index in [-0.39, 0.29) is 36.1 Å². The lowest BCUT2D eigenvalue weighted by atomic mass is 9.84. The number of aliphatic imine (C=N–C) groups is 1. The monoisotopic (exact) mass is 428 g/mol. The van der Waals surface area contributed by atoms with Crippen LogP contribution in [0.1, 0.15) is 38.3 Å². The zero-order chi connectivity index (χ0) is 21.0. The van der Waals surface area contributed by atoms with Crippen molar-refractivity contribution in [2.45, 2.75) is 45.7 Å². The van der Waals surface area contributed by atoms with E-state index in [1.807, 2.05) is 75.4 Å². The molecule has 1 aliphatic heterocycles. The Hall–Kier alpha value is -2.86. The maximum absolute atomic E-state index is 12.7. The van der Waals surface area contributed by atoms with Crippen molar-refractivity contribution in [3.8, 4) is 0 Å². The van der Waals surface area contributed by atoms with Crippen LogP contribution >= 0.6 is 12.4 Å². The summed E-state index contributed by atoms with van der Waals surface area (Å²) in [5, 5.41) is 2.91. The molecule has 7 heteroatoms. The number of guanidine groups is 1. The van der Waals surface area contributed by atoms with Gasteiger partial charge in [0.2, 0.25) is 11.8 Å². The molecule has 0 unspecified atom stereocenters. The van der Waals surface area contributed by atoms with E-state index in [4.69, 9.17) is 5.73 Å². The summed E-state index contributed by atoms with van der Waals surface area (Å²) < 4.78 is 0. The molecule has 0 spiro atoms. The number of nitrogens with zero attached hydrogens (tertiary/aromatic N) is 2. The van der Waals surface area contributed by atoms with Crippen LogP contribution < -0.4 is 11.1 Å². The molecule has 1 heterocycles. The van der Waals surface area contributed by atoms with E-state index in [9.17, 15) is 9.59 Å². The lowest BCUT2D eigenvalue weighted by Crippen LogP contribution is -2.51. The van der Waals surface area contributed by atoms with Crippen molar-refractivity contribution < 1.29 is 9.59 Å². The van der Waals surface area contributed by atoms with Crippen molar-refractivity contribution >= 4 is 35.9 Å². The van der Waals surface area contributed by atoms with E-state index >= 15 is 0 Å². The Kier molecular flexibility index (Phi) is 7.62. The molecule has 0 saturated heterocycles. The normalized spacial score (nSPS) is 18.6. The number of amides is 2. The van der Waals surface area contributed by atoms with Gasteiger partial charge in [-0.2, -0.15) is 0 Å².